The van der Waals surface area contributed by atoms with E-state index in [1.807, 2.05) is 7.05 Å². The molecule has 1 aromatic heterocycles. The van der Waals surface area contributed by atoms with Crippen molar-refractivity contribution in [1.82, 2.24) is 4.98 Å². The summed E-state index contributed by atoms with van der Waals surface area (Å²) in [6, 6.07) is 0. The predicted molar refractivity (Wildman–Crippen MR) is 78.3 cm³/mol. The second-order valence-corrected chi connectivity index (χ2v) is 6.12. The van der Waals surface area contributed by atoms with Gasteiger partial charge in [0.1, 0.15) is 0 Å². The number of nitrogens with zero attached hydrogens (tertiary/aromatic N) is 2. The molecule has 1 aromatic rings. The lowest BCUT2D eigenvalue weighted by atomic mass is 10.2. The van der Waals surface area contributed by atoms with Crippen LogP contribution in [0.5, 0.6) is 0 Å². The van der Waals surface area contributed by atoms with Crippen LogP contribution in [-0.2, 0) is 11.2 Å². The lowest BCUT2D eigenvalue weighted by Crippen LogP contribution is -2.22. The van der Waals surface area contributed by atoms with E-state index in [4.69, 9.17) is 4.74 Å². The molecule has 0 bridgehead atoms. The zero-order chi connectivity index (χ0) is 13.7. The number of hydrogen-bond donors (Lipinski definition) is 0. The number of aryl methyl sites for hydroxylation is 1. The molecule has 19 heavy (non-hydrogen) atoms. The average Bonchev–Trinajstić information content (AvgIpc) is 3.14. The van der Waals surface area contributed by atoms with Crippen LogP contribution in [0.4, 0.5) is 5.13 Å². The highest BCUT2D eigenvalue weighted by atomic mass is 32.1. The normalized spacial score (nSPS) is 14.6. The Morgan fingerprint density at radius 1 is 1.53 bits per heavy atom. The van der Waals surface area contributed by atoms with E-state index in [0.29, 0.717) is 0 Å². The molecule has 1 heterocycles. The van der Waals surface area contributed by atoms with E-state index >= 15 is 0 Å². The Morgan fingerprint density at radius 2 is 2.32 bits per heavy atom. The van der Waals surface area contributed by atoms with E-state index in [9.17, 15) is 4.79 Å². The molecule has 0 saturated heterocycles. The Bertz CT molecular complexity index is 416. The molecule has 1 fully saturated rings. The molecule has 0 spiro atoms. The van der Waals surface area contributed by atoms with Gasteiger partial charge in [0.05, 0.1) is 17.2 Å². The first-order chi connectivity index (χ1) is 9.24. The number of aldehydes is 1. The third-order valence-corrected chi connectivity index (χ3v) is 4.40. The van der Waals surface area contributed by atoms with Gasteiger partial charge in [-0.1, -0.05) is 24.7 Å². The first-order valence-electron chi connectivity index (χ1n) is 6.98. The van der Waals surface area contributed by atoms with Gasteiger partial charge >= 0.3 is 0 Å². The van der Waals surface area contributed by atoms with E-state index in [-0.39, 0.29) is 0 Å². The number of carbonyl (C=O) groups is 1. The minimum absolute atomic E-state index is 0.728. The molecule has 0 aromatic carbocycles. The number of thiazole rings is 1. The number of anilines is 1. The van der Waals surface area contributed by atoms with Gasteiger partial charge in [0.25, 0.3) is 0 Å². The summed E-state index contributed by atoms with van der Waals surface area (Å²) in [6.45, 7) is 4.55. The van der Waals surface area contributed by atoms with Gasteiger partial charge in [0.2, 0.25) is 0 Å². The molecule has 5 heteroatoms. The summed E-state index contributed by atoms with van der Waals surface area (Å²) in [5.74, 6) is 0.808. The van der Waals surface area contributed by atoms with E-state index in [1.54, 1.807) is 0 Å². The number of rotatable bonds is 9. The van der Waals surface area contributed by atoms with Gasteiger partial charge < -0.3 is 9.64 Å². The van der Waals surface area contributed by atoms with Crippen molar-refractivity contribution in [3.05, 3.63) is 10.6 Å². The van der Waals surface area contributed by atoms with Gasteiger partial charge in [-0.3, -0.25) is 4.79 Å². The van der Waals surface area contributed by atoms with E-state index in [0.717, 1.165) is 60.5 Å². The Hall–Kier alpha value is -0.940. The maximum Gasteiger partial charge on any atom is 0.186 e. The van der Waals surface area contributed by atoms with Crippen molar-refractivity contribution in [3.8, 4) is 0 Å². The average molecular weight is 282 g/mol. The molecule has 0 atom stereocenters. The summed E-state index contributed by atoms with van der Waals surface area (Å²) in [6.07, 6.45) is 5.45. The molecule has 4 nitrogen and oxygen atoms in total. The molecular weight excluding hydrogens is 260 g/mol. The molecular formula is C14H22N2O2S. The largest absolute Gasteiger partial charge is 0.379 e. The Labute approximate surface area is 118 Å². The lowest BCUT2D eigenvalue weighted by Gasteiger charge is -2.15. The van der Waals surface area contributed by atoms with Crippen LogP contribution in [0.2, 0.25) is 0 Å². The van der Waals surface area contributed by atoms with Crippen molar-refractivity contribution in [3.63, 3.8) is 0 Å². The van der Waals surface area contributed by atoms with Gasteiger partial charge in [0.15, 0.2) is 11.4 Å². The van der Waals surface area contributed by atoms with Gasteiger partial charge in [-0.25, -0.2) is 4.98 Å². The highest BCUT2D eigenvalue weighted by Crippen LogP contribution is 2.29. The number of ether oxygens (including phenoxy) is 1. The molecule has 0 unspecified atom stereocenters. The molecule has 1 aliphatic carbocycles. The third-order valence-electron chi connectivity index (χ3n) is 3.26. The zero-order valence-electron chi connectivity index (χ0n) is 11.7. The van der Waals surface area contributed by atoms with Crippen LogP contribution >= 0.6 is 11.3 Å². The number of likely N-dealkylation sites (N-methyl/N-ethyl adjacent to an activating group) is 1. The van der Waals surface area contributed by atoms with Crippen molar-refractivity contribution in [1.29, 1.82) is 0 Å². The second kappa shape index (κ2) is 7.01. The van der Waals surface area contributed by atoms with Gasteiger partial charge in [-0.05, 0) is 25.2 Å². The molecule has 0 N–H and O–H groups in total. The van der Waals surface area contributed by atoms with Crippen LogP contribution in [-0.4, -0.2) is 38.1 Å². The van der Waals surface area contributed by atoms with Crippen molar-refractivity contribution >= 4 is 22.8 Å². The minimum atomic E-state index is 0.728. The maximum atomic E-state index is 11.0. The van der Waals surface area contributed by atoms with Crippen LogP contribution in [0.3, 0.4) is 0 Å². The smallest absolute Gasteiger partial charge is 0.186 e. The molecule has 0 aliphatic heterocycles. The Morgan fingerprint density at radius 3 is 2.95 bits per heavy atom. The summed E-state index contributed by atoms with van der Waals surface area (Å²) in [4.78, 5) is 18.4. The number of hydrogen-bond acceptors (Lipinski definition) is 5. The standard InChI is InChI=1S/C14H22N2O2S/c1-3-4-12-13(9-17)19-14(15-12)16(2)7-8-18-10-11-5-6-11/h9,11H,3-8,10H2,1-2H3. The Kier molecular flexibility index (Phi) is 5.34. The van der Waals surface area contributed by atoms with Gasteiger partial charge in [0, 0.05) is 20.2 Å². The highest BCUT2D eigenvalue weighted by Gasteiger charge is 2.21. The minimum Gasteiger partial charge on any atom is -0.379 e. The molecule has 1 aliphatic rings. The van der Waals surface area contributed by atoms with Crippen molar-refractivity contribution in [2.24, 2.45) is 5.92 Å². The zero-order valence-corrected chi connectivity index (χ0v) is 12.5. The summed E-state index contributed by atoms with van der Waals surface area (Å²) >= 11 is 1.48. The number of aromatic nitrogens is 1. The SMILES string of the molecule is CCCc1nc(N(C)CCOCC2CC2)sc1C=O. The first kappa shape index (κ1) is 14.5. The predicted octanol–water partition coefficient (Wildman–Crippen LogP) is 2.77. The molecule has 0 amide bonds. The summed E-state index contributed by atoms with van der Waals surface area (Å²) in [5.41, 5.74) is 0.934. The van der Waals surface area contributed by atoms with Crippen LogP contribution in [0.25, 0.3) is 0 Å². The Balaban J connectivity index is 1.82. The van der Waals surface area contributed by atoms with Crippen molar-refractivity contribution in [2.75, 3.05) is 31.7 Å². The highest BCUT2D eigenvalue weighted by molar-refractivity contribution is 7.17. The first-order valence-corrected chi connectivity index (χ1v) is 7.80. The fourth-order valence-electron chi connectivity index (χ4n) is 1.85. The van der Waals surface area contributed by atoms with Crippen LogP contribution in [0.1, 0.15) is 41.6 Å². The number of carbonyl (C=O) groups excluding carboxylic acids is 1. The summed E-state index contributed by atoms with van der Waals surface area (Å²) in [5, 5.41) is 0.917. The fourth-order valence-corrected chi connectivity index (χ4v) is 2.77. The molecule has 106 valence electrons. The van der Waals surface area contributed by atoms with E-state index < -0.39 is 0 Å². The fraction of sp³-hybridized carbons (Fsp3) is 0.714. The van der Waals surface area contributed by atoms with Crippen LogP contribution in [0, 0.1) is 5.92 Å². The molecule has 0 radical (unpaired) electrons. The summed E-state index contributed by atoms with van der Waals surface area (Å²) in [7, 11) is 2.00. The van der Waals surface area contributed by atoms with Crippen molar-refractivity contribution < 1.29 is 9.53 Å². The summed E-state index contributed by atoms with van der Waals surface area (Å²) < 4.78 is 5.63. The van der Waals surface area contributed by atoms with Crippen LogP contribution in [0.15, 0.2) is 0 Å². The monoisotopic (exact) mass is 282 g/mol. The van der Waals surface area contributed by atoms with Crippen LogP contribution < -0.4 is 4.90 Å². The van der Waals surface area contributed by atoms with E-state index in [2.05, 4.69) is 16.8 Å². The third kappa shape index (κ3) is 4.28. The quantitative estimate of drug-likeness (QED) is 0.516. The van der Waals surface area contributed by atoms with Gasteiger partial charge in [-0.2, -0.15) is 0 Å². The van der Waals surface area contributed by atoms with Gasteiger partial charge in [-0.15, -0.1) is 0 Å². The maximum absolute atomic E-state index is 11.0. The van der Waals surface area contributed by atoms with E-state index in [1.165, 1.54) is 24.2 Å². The lowest BCUT2D eigenvalue weighted by molar-refractivity contribution is 0.112. The second-order valence-electron chi connectivity index (χ2n) is 5.12. The molecule has 2 rings (SSSR count). The topological polar surface area (TPSA) is 42.4 Å². The van der Waals surface area contributed by atoms with Crippen molar-refractivity contribution in [2.45, 2.75) is 32.6 Å². The molecule has 1 saturated carbocycles.